The highest BCUT2D eigenvalue weighted by atomic mass is 35.5. The first-order valence-corrected chi connectivity index (χ1v) is 7.61. The summed E-state index contributed by atoms with van der Waals surface area (Å²) in [7, 11) is 0. The molecule has 2 aromatic rings. The topological polar surface area (TPSA) is 84.2 Å². The summed E-state index contributed by atoms with van der Waals surface area (Å²) in [4.78, 5) is 23.6. The summed E-state index contributed by atoms with van der Waals surface area (Å²) in [5.74, 6) is -0.0592. The Morgan fingerprint density at radius 2 is 1.61 bits per heavy atom. The Kier molecular flexibility index (Phi) is 3.96. The molecule has 0 bridgehead atoms. The van der Waals surface area contributed by atoms with Crippen LogP contribution in [-0.2, 0) is 10.2 Å². The van der Waals surface area contributed by atoms with Gasteiger partial charge in [-0.2, -0.15) is 0 Å². The number of primary amides is 1. The van der Waals surface area contributed by atoms with Crippen LogP contribution in [0.25, 0.3) is 0 Å². The number of hydrogen-bond acceptors (Lipinski definition) is 2. The smallest absolute Gasteiger partial charge is 0.316 e. The third kappa shape index (κ3) is 3.29. The predicted molar refractivity (Wildman–Crippen MR) is 90.6 cm³/mol. The molecule has 5 nitrogen and oxygen atoms in total. The normalized spacial score (nSPS) is 14.8. The van der Waals surface area contributed by atoms with Crippen molar-refractivity contribution in [3.8, 4) is 0 Å². The van der Waals surface area contributed by atoms with Gasteiger partial charge in [0.25, 0.3) is 0 Å². The molecule has 1 aliphatic carbocycles. The second kappa shape index (κ2) is 5.93. The van der Waals surface area contributed by atoms with E-state index in [2.05, 4.69) is 10.6 Å². The van der Waals surface area contributed by atoms with Gasteiger partial charge in [0.1, 0.15) is 0 Å². The molecule has 1 fully saturated rings. The zero-order valence-electron chi connectivity index (χ0n) is 12.3. The lowest BCUT2D eigenvalue weighted by Gasteiger charge is -2.16. The monoisotopic (exact) mass is 329 g/mol. The van der Waals surface area contributed by atoms with Crippen molar-refractivity contribution in [2.75, 3.05) is 10.6 Å². The molecule has 0 saturated heterocycles. The zero-order chi connectivity index (χ0) is 16.4. The van der Waals surface area contributed by atoms with E-state index in [9.17, 15) is 9.59 Å². The van der Waals surface area contributed by atoms with Gasteiger partial charge < -0.3 is 16.4 Å². The molecule has 0 unspecified atom stereocenters. The number of benzene rings is 2. The van der Waals surface area contributed by atoms with Crippen molar-refractivity contribution < 1.29 is 9.59 Å². The van der Waals surface area contributed by atoms with E-state index in [4.69, 9.17) is 17.3 Å². The standard InChI is InChI=1S/C17H16ClN3O2/c18-12-6-4-11(5-7-12)17(8-9-17)15(22)20-13-2-1-3-14(10-13)21-16(19)23/h1-7,10H,8-9H2,(H,20,22)(H3,19,21,23). The summed E-state index contributed by atoms with van der Waals surface area (Å²) >= 11 is 5.91. The van der Waals surface area contributed by atoms with Crippen LogP contribution in [0.2, 0.25) is 5.02 Å². The number of amides is 3. The lowest BCUT2D eigenvalue weighted by Crippen LogP contribution is -2.27. The Hall–Kier alpha value is -2.53. The molecule has 4 N–H and O–H groups in total. The highest BCUT2D eigenvalue weighted by molar-refractivity contribution is 6.30. The summed E-state index contributed by atoms with van der Waals surface area (Å²) in [6.45, 7) is 0. The van der Waals surface area contributed by atoms with Crippen LogP contribution in [-0.4, -0.2) is 11.9 Å². The average Bonchev–Trinajstić information content (AvgIpc) is 3.29. The first kappa shape index (κ1) is 15.4. The maximum atomic E-state index is 12.7. The van der Waals surface area contributed by atoms with Crippen molar-refractivity contribution >= 4 is 34.9 Å². The second-order valence-electron chi connectivity index (χ2n) is 5.61. The van der Waals surface area contributed by atoms with Gasteiger partial charge in [-0.05, 0) is 48.7 Å². The van der Waals surface area contributed by atoms with E-state index >= 15 is 0 Å². The maximum absolute atomic E-state index is 12.7. The minimum absolute atomic E-state index is 0.0592. The first-order chi connectivity index (χ1) is 11.0. The van der Waals surface area contributed by atoms with Gasteiger partial charge in [0.05, 0.1) is 5.41 Å². The lowest BCUT2D eigenvalue weighted by molar-refractivity contribution is -0.118. The van der Waals surface area contributed by atoms with Crippen LogP contribution in [0.4, 0.5) is 16.2 Å². The Bertz CT molecular complexity index is 755. The van der Waals surface area contributed by atoms with Crippen LogP contribution in [0, 0.1) is 0 Å². The van der Waals surface area contributed by atoms with E-state index in [0.717, 1.165) is 18.4 Å². The number of anilines is 2. The Morgan fingerprint density at radius 3 is 2.17 bits per heavy atom. The average molecular weight is 330 g/mol. The van der Waals surface area contributed by atoms with Crippen LogP contribution in [0.3, 0.4) is 0 Å². The van der Waals surface area contributed by atoms with Crippen molar-refractivity contribution in [1.29, 1.82) is 0 Å². The number of carbonyl (C=O) groups is 2. The van der Waals surface area contributed by atoms with E-state index in [1.165, 1.54) is 0 Å². The molecule has 0 heterocycles. The Morgan fingerprint density at radius 1 is 1.00 bits per heavy atom. The largest absolute Gasteiger partial charge is 0.351 e. The van der Waals surface area contributed by atoms with Crippen molar-refractivity contribution in [1.82, 2.24) is 0 Å². The minimum Gasteiger partial charge on any atom is -0.351 e. The summed E-state index contributed by atoms with van der Waals surface area (Å²) in [6, 6.07) is 13.6. The van der Waals surface area contributed by atoms with Crippen LogP contribution >= 0.6 is 11.6 Å². The van der Waals surface area contributed by atoms with Crippen LogP contribution in [0.15, 0.2) is 48.5 Å². The molecule has 23 heavy (non-hydrogen) atoms. The van der Waals surface area contributed by atoms with Crippen molar-refractivity contribution in [2.45, 2.75) is 18.3 Å². The number of nitrogens with one attached hydrogen (secondary N) is 2. The molecule has 6 heteroatoms. The van der Waals surface area contributed by atoms with Crippen molar-refractivity contribution in [3.63, 3.8) is 0 Å². The molecule has 3 rings (SSSR count). The van der Waals surface area contributed by atoms with Gasteiger partial charge in [-0.1, -0.05) is 29.8 Å². The van der Waals surface area contributed by atoms with Gasteiger partial charge in [-0.25, -0.2) is 4.79 Å². The van der Waals surface area contributed by atoms with Gasteiger partial charge >= 0.3 is 6.03 Å². The molecule has 2 aromatic carbocycles. The van der Waals surface area contributed by atoms with Crippen molar-refractivity contribution in [3.05, 3.63) is 59.1 Å². The highest BCUT2D eigenvalue weighted by Gasteiger charge is 2.51. The predicted octanol–water partition coefficient (Wildman–Crippen LogP) is 3.50. The maximum Gasteiger partial charge on any atom is 0.316 e. The van der Waals surface area contributed by atoms with Crippen LogP contribution in [0.5, 0.6) is 0 Å². The Labute approximate surface area is 138 Å². The number of rotatable bonds is 4. The van der Waals surface area contributed by atoms with E-state index in [-0.39, 0.29) is 5.91 Å². The van der Waals surface area contributed by atoms with Crippen molar-refractivity contribution in [2.24, 2.45) is 5.73 Å². The molecule has 1 saturated carbocycles. The number of halogens is 1. The van der Waals surface area contributed by atoms with Gasteiger partial charge in [0, 0.05) is 16.4 Å². The fraction of sp³-hybridized carbons (Fsp3) is 0.176. The fourth-order valence-electron chi connectivity index (χ4n) is 2.61. The zero-order valence-corrected chi connectivity index (χ0v) is 13.1. The van der Waals surface area contributed by atoms with Crippen LogP contribution < -0.4 is 16.4 Å². The summed E-state index contributed by atoms with van der Waals surface area (Å²) < 4.78 is 0. The number of hydrogen-bond donors (Lipinski definition) is 3. The molecular formula is C17H16ClN3O2. The molecule has 0 atom stereocenters. The molecule has 118 valence electrons. The molecule has 3 amide bonds. The van der Waals surface area contributed by atoms with E-state index in [1.807, 2.05) is 12.1 Å². The lowest BCUT2D eigenvalue weighted by atomic mass is 9.95. The molecular weight excluding hydrogens is 314 g/mol. The molecule has 0 aliphatic heterocycles. The SMILES string of the molecule is NC(=O)Nc1cccc(NC(=O)C2(c3ccc(Cl)cc3)CC2)c1. The summed E-state index contributed by atoms with van der Waals surface area (Å²) in [5.41, 5.74) is 6.72. The highest BCUT2D eigenvalue weighted by Crippen LogP contribution is 2.49. The van der Waals surface area contributed by atoms with E-state index in [1.54, 1.807) is 36.4 Å². The molecule has 0 aromatic heterocycles. The first-order valence-electron chi connectivity index (χ1n) is 7.24. The fourth-order valence-corrected chi connectivity index (χ4v) is 2.73. The number of carbonyl (C=O) groups excluding carboxylic acids is 2. The number of nitrogens with two attached hydrogens (primary N) is 1. The van der Waals surface area contributed by atoms with Crippen LogP contribution in [0.1, 0.15) is 18.4 Å². The van der Waals surface area contributed by atoms with Gasteiger partial charge in [0.2, 0.25) is 5.91 Å². The van der Waals surface area contributed by atoms with Gasteiger partial charge in [0.15, 0.2) is 0 Å². The van der Waals surface area contributed by atoms with E-state index in [0.29, 0.717) is 16.4 Å². The second-order valence-corrected chi connectivity index (χ2v) is 6.05. The molecule has 0 radical (unpaired) electrons. The third-order valence-electron chi connectivity index (χ3n) is 3.97. The number of urea groups is 1. The summed E-state index contributed by atoms with van der Waals surface area (Å²) in [5, 5.41) is 6.04. The van der Waals surface area contributed by atoms with Gasteiger partial charge in [-0.3, -0.25) is 4.79 Å². The van der Waals surface area contributed by atoms with E-state index < -0.39 is 11.4 Å². The summed E-state index contributed by atoms with van der Waals surface area (Å²) in [6.07, 6.45) is 1.61. The third-order valence-corrected chi connectivity index (χ3v) is 4.22. The quantitative estimate of drug-likeness (QED) is 0.802. The van der Waals surface area contributed by atoms with Gasteiger partial charge in [-0.15, -0.1) is 0 Å². The molecule has 1 aliphatic rings. The molecule has 0 spiro atoms. The Balaban J connectivity index is 1.76. The minimum atomic E-state index is -0.645.